The van der Waals surface area contributed by atoms with Gasteiger partial charge in [-0.25, -0.2) is 0 Å². The van der Waals surface area contributed by atoms with Gasteiger partial charge in [0, 0.05) is 0 Å². The summed E-state index contributed by atoms with van der Waals surface area (Å²) in [5.74, 6) is 0. The third kappa shape index (κ3) is 4.60. The van der Waals surface area contributed by atoms with Crippen molar-refractivity contribution in [3.63, 3.8) is 0 Å². The van der Waals surface area contributed by atoms with Gasteiger partial charge >= 0.3 is 7.12 Å². The largest absolute Gasteiger partial charge is 0.485 e. The van der Waals surface area contributed by atoms with Gasteiger partial charge in [-0.05, 0) is 50.2 Å². The molecule has 0 unspecified atom stereocenters. The number of hydrogen-bond donors (Lipinski definition) is 2. The summed E-state index contributed by atoms with van der Waals surface area (Å²) in [4.78, 5) is 0. The first-order chi connectivity index (χ1) is 14.6. The molecule has 2 nitrogen and oxygen atoms in total. The van der Waals surface area contributed by atoms with Crippen LogP contribution in [0.25, 0.3) is 22.2 Å². The highest BCUT2D eigenvalue weighted by molar-refractivity contribution is 6.63. The molecule has 148 valence electrons. The van der Waals surface area contributed by atoms with E-state index < -0.39 is 7.12 Å². The monoisotopic (exact) mass is 392 g/mol. The molecule has 3 aromatic rings. The molecule has 0 bridgehead atoms. The maximum absolute atomic E-state index is 9.95. The molecule has 3 rings (SSSR count). The smallest absolute Gasteiger partial charge is 0.423 e. The second-order valence-electron chi connectivity index (χ2n) is 6.99. The lowest BCUT2D eigenvalue weighted by Gasteiger charge is -2.12. The van der Waals surface area contributed by atoms with Gasteiger partial charge in [-0.1, -0.05) is 104 Å². The van der Waals surface area contributed by atoms with Crippen LogP contribution in [0.3, 0.4) is 0 Å². The average Bonchev–Trinajstić information content (AvgIpc) is 2.79. The third-order valence-electron chi connectivity index (χ3n) is 5.07. The summed E-state index contributed by atoms with van der Waals surface area (Å²) >= 11 is 0. The predicted octanol–water partition coefficient (Wildman–Crippen LogP) is 4.03. The highest BCUT2D eigenvalue weighted by Gasteiger charge is 2.16. The minimum atomic E-state index is -1.57. The van der Waals surface area contributed by atoms with E-state index in [4.69, 9.17) is 0 Å². The van der Waals surface area contributed by atoms with Crippen LogP contribution >= 0.6 is 0 Å². The van der Waals surface area contributed by atoms with Crippen LogP contribution in [0.4, 0.5) is 0 Å². The second kappa shape index (κ2) is 9.88. The van der Waals surface area contributed by atoms with E-state index in [9.17, 15) is 10.0 Å². The van der Waals surface area contributed by atoms with Crippen molar-refractivity contribution < 1.29 is 10.0 Å². The molecule has 30 heavy (non-hydrogen) atoms. The minimum Gasteiger partial charge on any atom is -0.423 e. The summed E-state index contributed by atoms with van der Waals surface area (Å²) in [6.45, 7) is 11.8. The molecule has 0 aliphatic heterocycles. The number of rotatable bonds is 7. The fraction of sp³-hybridized carbons (Fsp3) is 0.0370. The quantitative estimate of drug-likeness (QED) is 0.362. The van der Waals surface area contributed by atoms with Crippen LogP contribution in [0, 0.1) is 0 Å². The van der Waals surface area contributed by atoms with Crippen molar-refractivity contribution in [2.45, 2.75) is 6.42 Å². The van der Waals surface area contributed by atoms with E-state index in [2.05, 4.69) is 56.1 Å². The van der Waals surface area contributed by atoms with E-state index in [1.54, 1.807) is 12.2 Å². The number of hydrogen-bond acceptors (Lipinski definition) is 2. The zero-order valence-electron chi connectivity index (χ0n) is 17.0. The lowest BCUT2D eigenvalue weighted by atomic mass is 9.75. The summed E-state index contributed by atoms with van der Waals surface area (Å²) in [7, 11) is -1.57. The number of benzene rings is 3. The van der Waals surface area contributed by atoms with Crippen LogP contribution in [0.5, 0.6) is 0 Å². The Morgan fingerprint density at radius 3 is 1.90 bits per heavy atom. The Hall–Kier alpha value is -3.40. The zero-order chi connectivity index (χ0) is 21.5. The molecule has 0 spiro atoms. The molecular formula is C27H25BO2. The standard InChI is InChI=1S/C27H25BO2/c1-4-11-26(28(29)30)24-14-9-10-15-25(24)27(20(3)5-2)23-18-16-22(17-19-23)21-12-7-6-8-13-21/h4-10,12-19,29-30H,1-3,11H2/b26-24+,27-25+. The highest BCUT2D eigenvalue weighted by atomic mass is 16.4. The van der Waals surface area contributed by atoms with E-state index in [0.717, 1.165) is 38.3 Å². The second-order valence-corrected chi connectivity index (χ2v) is 6.99. The van der Waals surface area contributed by atoms with E-state index in [-0.39, 0.29) is 0 Å². The van der Waals surface area contributed by atoms with Crippen molar-refractivity contribution in [3.8, 4) is 11.1 Å². The average molecular weight is 392 g/mol. The molecule has 0 aliphatic rings. The molecule has 0 aliphatic carbocycles. The SMILES string of the molecule is C=CC/C(B(O)O)=c1/cccc/c1=C(/C(=C)C=C)c1ccc(-c2ccccc2)cc1. The molecular weight excluding hydrogens is 367 g/mol. The maximum atomic E-state index is 9.95. The maximum Gasteiger partial charge on any atom is 0.485 e. The Labute approximate surface area is 178 Å². The van der Waals surface area contributed by atoms with E-state index in [1.165, 1.54) is 0 Å². The molecule has 0 atom stereocenters. The molecule has 0 aromatic heterocycles. The van der Waals surface area contributed by atoms with E-state index in [1.807, 2.05) is 42.5 Å². The summed E-state index contributed by atoms with van der Waals surface area (Å²) in [5.41, 5.74) is 5.43. The molecule has 2 N–H and O–H groups in total. The van der Waals surface area contributed by atoms with Crippen molar-refractivity contribution in [2.75, 3.05) is 0 Å². The summed E-state index contributed by atoms with van der Waals surface area (Å²) in [5, 5.41) is 21.5. The van der Waals surface area contributed by atoms with Gasteiger partial charge in [0.25, 0.3) is 0 Å². The lowest BCUT2D eigenvalue weighted by Crippen LogP contribution is -2.34. The van der Waals surface area contributed by atoms with Gasteiger partial charge in [-0.15, -0.1) is 6.58 Å². The molecule has 0 radical (unpaired) electrons. The van der Waals surface area contributed by atoms with Crippen LogP contribution < -0.4 is 10.4 Å². The van der Waals surface area contributed by atoms with Crippen molar-refractivity contribution in [1.29, 1.82) is 0 Å². The third-order valence-corrected chi connectivity index (χ3v) is 5.07. The van der Waals surface area contributed by atoms with Crippen LogP contribution in [-0.2, 0) is 0 Å². The van der Waals surface area contributed by atoms with Crippen LogP contribution in [0.2, 0.25) is 0 Å². The predicted molar refractivity (Wildman–Crippen MR) is 128 cm³/mol. The first kappa shape index (κ1) is 21.3. The first-order valence-electron chi connectivity index (χ1n) is 9.84. The van der Waals surface area contributed by atoms with Crippen molar-refractivity contribution in [3.05, 3.63) is 132 Å². The van der Waals surface area contributed by atoms with Crippen LogP contribution in [-0.4, -0.2) is 17.2 Å². The van der Waals surface area contributed by atoms with Gasteiger partial charge in [-0.3, -0.25) is 0 Å². The van der Waals surface area contributed by atoms with Gasteiger partial charge in [0.05, 0.1) is 0 Å². The zero-order valence-corrected chi connectivity index (χ0v) is 17.0. The fourth-order valence-corrected chi connectivity index (χ4v) is 3.57. The summed E-state index contributed by atoms with van der Waals surface area (Å²) in [6, 6.07) is 26.2. The summed E-state index contributed by atoms with van der Waals surface area (Å²) in [6.07, 6.45) is 3.76. The lowest BCUT2D eigenvalue weighted by molar-refractivity contribution is 0.425. The highest BCUT2D eigenvalue weighted by Crippen LogP contribution is 2.24. The van der Waals surface area contributed by atoms with Crippen molar-refractivity contribution in [2.24, 2.45) is 0 Å². The Bertz CT molecular complexity index is 1170. The van der Waals surface area contributed by atoms with Crippen LogP contribution in [0.15, 0.2) is 116 Å². The van der Waals surface area contributed by atoms with Gasteiger partial charge in [-0.2, -0.15) is 0 Å². The van der Waals surface area contributed by atoms with Gasteiger partial charge in [0.1, 0.15) is 0 Å². The molecule has 3 heteroatoms. The van der Waals surface area contributed by atoms with E-state index >= 15 is 0 Å². The van der Waals surface area contributed by atoms with Gasteiger partial charge in [0.15, 0.2) is 0 Å². The van der Waals surface area contributed by atoms with Crippen molar-refractivity contribution in [1.82, 2.24) is 0 Å². The molecule has 0 saturated heterocycles. The minimum absolute atomic E-state index is 0.371. The Balaban J connectivity index is 2.31. The number of allylic oxidation sites excluding steroid dienone is 3. The normalized spacial score (nSPS) is 12.6. The van der Waals surface area contributed by atoms with Gasteiger partial charge < -0.3 is 10.0 Å². The summed E-state index contributed by atoms with van der Waals surface area (Å²) < 4.78 is 0. The van der Waals surface area contributed by atoms with Crippen LogP contribution in [0.1, 0.15) is 12.0 Å². The molecule has 0 fully saturated rings. The fourth-order valence-electron chi connectivity index (χ4n) is 3.57. The Kier molecular flexibility index (Phi) is 7.02. The Morgan fingerprint density at radius 2 is 1.33 bits per heavy atom. The van der Waals surface area contributed by atoms with Crippen molar-refractivity contribution >= 4 is 18.2 Å². The Morgan fingerprint density at radius 1 is 0.767 bits per heavy atom. The van der Waals surface area contributed by atoms with Gasteiger partial charge in [0.2, 0.25) is 0 Å². The molecule has 0 amide bonds. The topological polar surface area (TPSA) is 40.5 Å². The molecule has 0 heterocycles. The first-order valence-corrected chi connectivity index (χ1v) is 9.84. The molecule has 3 aromatic carbocycles. The van der Waals surface area contributed by atoms with E-state index in [0.29, 0.717) is 11.9 Å². The molecule has 0 saturated carbocycles.